The average molecular weight is 352 g/mol. The van der Waals surface area contributed by atoms with Gasteiger partial charge in [0.15, 0.2) is 0 Å². The van der Waals surface area contributed by atoms with Crippen molar-refractivity contribution in [2.75, 3.05) is 39.3 Å². The number of piperidine rings is 1. The first-order chi connectivity index (χ1) is 11.9. The third-order valence-corrected chi connectivity index (χ3v) is 5.55. The van der Waals surface area contributed by atoms with Crippen LogP contribution >= 0.6 is 0 Å². The molecule has 0 aliphatic carbocycles. The van der Waals surface area contributed by atoms with E-state index < -0.39 is 11.6 Å². The maximum absolute atomic E-state index is 12.9. The van der Waals surface area contributed by atoms with Crippen molar-refractivity contribution in [2.24, 2.45) is 5.92 Å². The van der Waals surface area contributed by atoms with E-state index in [2.05, 4.69) is 10.6 Å². The molecule has 3 aliphatic rings. The van der Waals surface area contributed by atoms with Crippen LogP contribution in [-0.4, -0.2) is 78.6 Å². The highest BCUT2D eigenvalue weighted by Crippen LogP contribution is 2.28. The van der Waals surface area contributed by atoms with Crippen LogP contribution in [0.2, 0.25) is 0 Å². The van der Waals surface area contributed by atoms with Crippen LogP contribution in [0.15, 0.2) is 0 Å². The zero-order chi connectivity index (χ0) is 18.0. The molecule has 140 valence electrons. The Morgan fingerprint density at radius 3 is 2.76 bits per heavy atom. The van der Waals surface area contributed by atoms with Crippen LogP contribution < -0.4 is 10.6 Å². The van der Waals surface area contributed by atoms with Gasteiger partial charge in [0.2, 0.25) is 11.8 Å². The predicted molar refractivity (Wildman–Crippen MR) is 90.9 cm³/mol. The second kappa shape index (κ2) is 7.19. The van der Waals surface area contributed by atoms with Gasteiger partial charge in [0.1, 0.15) is 12.6 Å². The number of cyclic esters (lactones) is 1. The second-order valence-electron chi connectivity index (χ2n) is 7.46. The van der Waals surface area contributed by atoms with Crippen LogP contribution in [0.1, 0.15) is 33.1 Å². The molecule has 8 heteroatoms. The number of hydrogen-bond acceptors (Lipinski definition) is 5. The van der Waals surface area contributed by atoms with Gasteiger partial charge in [0.25, 0.3) is 0 Å². The maximum atomic E-state index is 12.9. The Bertz CT molecular complexity index is 549. The Balaban J connectivity index is 1.60. The molecular weight excluding hydrogens is 324 g/mol. The molecule has 0 saturated carbocycles. The molecule has 0 aromatic rings. The van der Waals surface area contributed by atoms with Crippen LogP contribution in [-0.2, 0) is 14.3 Å². The van der Waals surface area contributed by atoms with E-state index in [-0.39, 0.29) is 23.8 Å². The summed E-state index contributed by atoms with van der Waals surface area (Å²) in [6, 6.07) is -0.504. The molecule has 0 aromatic carbocycles. The van der Waals surface area contributed by atoms with E-state index in [1.165, 1.54) is 0 Å². The highest BCUT2D eigenvalue weighted by atomic mass is 16.6. The van der Waals surface area contributed by atoms with Crippen molar-refractivity contribution in [3.05, 3.63) is 0 Å². The molecule has 0 radical (unpaired) electrons. The summed E-state index contributed by atoms with van der Waals surface area (Å²) in [6.45, 7) is 7.22. The molecule has 3 saturated heterocycles. The van der Waals surface area contributed by atoms with E-state index in [4.69, 9.17) is 4.74 Å². The number of carbonyl (C=O) groups excluding carboxylic acids is 3. The summed E-state index contributed by atoms with van der Waals surface area (Å²) >= 11 is 0. The van der Waals surface area contributed by atoms with Crippen molar-refractivity contribution in [1.29, 1.82) is 0 Å². The van der Waals surface area contributed by atoms with Crippen molar-refractivity contribution >= 4 is 17.9 Å². The smallest absolute Gasteiger partial charge is 0.410 e. The Hall–Kier alpha value is -1.83. The van der Waals surface area contributed by atoms with Gasteiger partial charge in [-0.2, -0.15) is 0 Å². The zero-order valence-corrected chi connectivity index (χ0v) is 15.0. The molecule has 3 aliphatic heterocycles. The number of rotatable bonds is 4. The summed E-state index contributed by atoms with van der Waals surface area (Å²) in [5.74, 6) is -0.103. The standard InChI is InChI=1S/C17H28N4O4/c1-3-13(19-14(22)12-4-6-18-7-5-12)15(23)20-8-9-21-16(24)25-11-17(21,2)10-20/h12-13,18H,3-11H2,1-2H3,(H,19,22)/t13-,17?/m1/s1. The van der Waals surface area contributed by atoms with Crippen LogP contribution in [0.3, 0.4) is 0 Å². The number of nitrogens with one attached hydrogen (secondary N) is 2. The van der Waals surface area contributed by atoms with Crippen molar-refractivity contribution in [1.82, 2.24) is 20.4 Å². The van der Waals surface area contributed by atoms with Gasteiger partial charge in [-0.1, -0.05) is 6.92 Å². The van der Waals surface area contributed by atoms with Gasteiger partial charge in [-0.25, -0.2) is 4.79 Å². The number of hydrogen-bond donors (Lipinski definition) is 2. The first kappa shape index (κ1) is 18.0. The normalized spacial score (nSPS) is 28.3. The Kier molecular flexibility index (Phi) is 5.17. The van der Waals surface area contributed by atoms with Crippen molar-refractivity contribution in [3.8, 4) is 0 Å². The predicted octanol–water partition coefficient (Wildman–Crippen LogP) is -0.0661. The minimum Gasteiger partial charge on any atom is -0.447 e. The summed E-state index contributed by atoms with van der Waals surface area (Å²) in [6.07, 6.45) is 1.88. The fourth-order valence-corrected chi connectivity index (χ4v) is 3.92. The molecule has 0 spiro atoms. The number of nitrogens with zero attached hydrogens (tertiary/aromatic N) is 2. The van der Waals surface area contributed by atoms with Gasteiger partial charge >= 0.3 is 6.09 Å². The molecule has 0 bridgehead atoms. The highest BCUT2D eigenvalue weighted by molar-refractivity contribution is 5.89. The number of ether oxygens (including phenoxy) is 1. The SMILES string of the molecule is CC[C@@H](NC(=O)C1CCNCC1)C(=O)N1CCN2C(=O)OCC2(C)C1. The third kappa shape index (κ3) is 3.58. The number of amides is 3. The van der Waals surface area contributed by atoms with Crippen molar-refractivity contribution < 1.29 is 19.1 Å². The monoisotopic (exact) mass is 352 g/mol. The van der Waals surface area contributed by atoms with Crippen LogP contribution in [0.4, 0.5) is 4.79 Å². The molecule has 25 heavy (non-hydrogen) atoms. The van der Waals surface area contributed by atoms with Crippen LogP contribution in [0.25, 0.3) is 0 Å². The largest absolute Gasteiger partial charge is 0.447 e. The Morgan fingerprint density at radius 1 is 1.36 bits per heavy atom. The lowest BCUT2D eigenvalue weighted by Crippen LogP contribution is -2.63. The van der Waals surface area contributed by atoms with E-state index >= 15 is 0 Å². The van der Waals surface area contributed by atoms with Gasteiger partial charge in [0, 0.05) is 25.6 Å². The van der Waals surface area contributed by atoms with E-state index in [1.807, 2.05) is 13.8 Å². The van der Waals surface area contributed by atoms with Crippen LogP contribution in [0.5, 0.6) is 0 Å². The van der Waals surface area contributed by atoms with Crippen molar-refractivity contribution in [3.63, 3.8) is 0 Å². The first-order valence-corrected chi connectivity index (χ1v) is 9.19. The van der Waals surface area contributed by atoms with Gasteiger partial charge < -0.3 is 20.3 Å². The van der Waals surface area contributed by atoms with Gasteiger partial charge in [0.05, 0.1) is 5.54 Å². The highest BCUT2D eigenvalue weighted by Gasteiger charge is 2.48. The lowest BCUT2D eigenvalue weighted by atomic mass is 9.96. The molecule has 8 nitrogen and oxygen atoms in total. The van der Waals surface area contributed by atoms with E-state index in [9.17, 15) is 14.4 Å². The molecule has 3 heterocycles. The molecule has 3 rings (SSSR count). The quantitative estimate of drug-likeness (QED) is 0.739. The second-order valence-corrected chi connectivity index (χ2v) is 7.46. The summed E-state index contributed by atoms with van der Waals surface area (Å²) < 4.78 is 5.14. The fourth-order valence-electron chi connectivity index (χ4n) is 3.92. The molecule has 3 fully saturated rings. The van der Waals surface area contributed by atoms with E-state index in [1.54, 1.807) is 9.80 Å². The number of piperazine rings is 1. The van der Waals surface area contributed by atoms with Crippen LogP contribution in [0, 0.1) is 5.92 Å². The fraction of sp³-hybridized carbons (Fsp3) is 0.824. The molecule has 3 amide bonds. The molecule has 1 unspecified atom stereocenters. The van der Waals surface area contributed by atoms with Gasteiger partial charge in [-0.15, -0.1) is 0 Å². The first-order valence-electron chi connectivity index (χ1n) is 9.19. The maximum Gasteiger partial charge on any atom is 0.410 e. The molecule has 0 aromatic heterocycles. The summed E-state index contributed by atoms with van der Waals surface area (Å²) in [4.78, 5) is 40.6. The topological polar surface area (TPSA) is 91.0 Å². The van der Waals surface area contributed by atoms with Gasteiger partial charge in [-0.05, 0) is 39.3 Å². The lowest BCUT2D eigenvalue weighted by Gasteiger charge is -2.43. The Labute approximate surface area is 148 Å². The summed E-state index contributed by atoms with van der Waals surface area (Å²) in [7, 11) is 0. The third-order valence-electron chi connectivity index (χ3n) is 5.55. The summed E-state index contributed by atoms with van der Waals surface area (Å²) in [5.41, 5.74) is -0.470. The molecule has 2 N–H and O–H groups in total. The molecule has 2 atom stereocenters. The average Bonchev–Trinajstić information content (AvgIpc) is 2.94. The number of fused-ring (bicyclic) bond motifs is 1. The summed E-state index contributed by atoms with van der Waals surface area (Å²) in [5, 5.41) is 6.19. The van der Waals surface area contributed by atoms with Crippen molar-refractivity contribution in [2.45, 2.75) is 44.7 Å². The molecular formula is C17H28N4O4. The van der Waals surface area contributed by atoms with E-state index in [0.717, 1.165) is 25.9 Å². The van der Waals surface area contributed by atoms with E-state index in [0.29, 0.717) is 32.7 Å². The minimum absolute atomic E-state index is 0.0154. The minimum atomic E-state index is -0.504. The Morgan fingerprint density at radius 2 is 2.08 bits per heavy atom. The zero-order valence-electron chi connectivity index (χ0n) is 15.0. The van der Waals surface area contributed by atoms with Gasteiger partial charge in [-0.3, -0.25) is 14.5 Å². The number of carbonyl (C=O) groups is 3. The lowest BCUT2D eigenvalue weighted by molar-refractivity contribution is -0.140.